The van der Waals surface area contributed by atoms with Gasteiger partial charge in [0, 0.05) is 11.0 Å². The molecule has 6 heteroatoms. The number of rotatable bonds is 4. The number of carboxylic acids is 1. The second-order valence-corrected chi connectivity index (χ2v) is 6.19. The summed E-state index contributed by atoms with van der Waals surface area (Å²) < 4.78 is 14.5. The molecule has 1 N–H and O–H groups in total. The Morgan fingerprint density at radius 3 is 2.76 bits per heavy atom. The van der Waals surface area contributed by atoms with Crippen molar-refractivity contribution in [1.82, 2.24) is 4.90 Å². The molecule has 1 atom stereocenters. The largest absolute Gasteiger partial charge is 0.479 e. The van der Waals surface area contributed by atoms with Crippen molar-refractivity contribution in [2.75, 3.05) is 6.54 Å². The molecule has 4 nitrogen and oxygen atoms in total. The first-order chi connectivity index (χ1) is 9.92. The Hall–Kier alpha value is -1.43. The van der Waals surface area contributed by atoms with E-state index in [2.05, 4.69) is 15.9 Å². The van der Waals surface area contributed by atoms with Crippen molar-refractivity contribution < 1.29 is 19.1 Å². The van der Waals surface area contributed by atoms with E-state index in [1.807, 2.05) is 6.92 Å². The lowest BCUT2D eigenvalue weighted by Crippen LogP contribution is -2.53. The van der Waals surface area contributed by atoms with Gasteiger partial charge < -0.3 is 10.0 Å². The van der Waals surface area contributed by atoms with Crippen LogP contribution in [0.1, 0.15) is 43.0 Å². The number of carboxylic acid groups (broad SMARTS) is 1. The Bertz CT molecular complexity index is 578. The monoisotopic (exact) mass is 357 g/mol. The molecule has 0 aromatic heterocycles. The van der Waals surface area contributed by atoms with Gasteiger partial charge in [0.25, 0.3) is 5.91 Å². The van der Waals surface area contributed by atoms with Crippen molar-refractivity contribution in [3.63, 3.8) is 0 Å². The molecule has 1 unspecified atom stereocenters. The van der Waals surface area contributed by atoms with E-state index >= 15 is 0 Å². The minimum absolute atomic E-state index is 0.0816. The molecule has 21 heavy (non-hydrogen) atoms. The highest BCUT2D eigenvalue weighted by Gasteiger charge is 2.49. The smallest absolute Gasteiger partial charge is 0.329 e. The van der Waals surface area contributed by atoms with Crippen LogP contribution in [-0.2, 0) is 4.79 Å². The molecule has 1 saturated heterocycles. The van der Waals surface area contributed by atoms with Gasteiger partial charge in [-0.2, -0.15) is 0 Å². The molecular formula is C15H17BrFNO3. The van der Waals surface area contributed by atoms with Crippen LogP contribution in [-0.4, -0.2) is 34.0 Å². The van der Waals surface area contributed by atoms with E-state index in [1.54, 1.807) is 6.07 Å². The van der Waals surface area contributed by atoms with Crippen molar-refractivity contribution in [3.05, 3.63) is 34.1 Å². The summed E-state index contributed by atoms with van der Waals surface area (Å²) in [4.78, 5) is 25.6. The van der Waals surface area contributed by atoms with Crippen LogP contribution >= 0.6 is 15.9 Å². The molecule has 2 rings (SSSR count). The van der Waals surface area contributed by atoms with Crippen LogP contribution in [0.25, 0.3) is 0 Å². The highest BCUT2D eigenvalue weighted by molar-refractivity contribution is 9.10. The zero-order valence-electron chi connectivity index (χ0n) is 11.7. The predicted molar refractivity (Wildman–Crippen MR) is 79.6 cm³/mol. The summed E-state index contributed by atoms with van der Waals surface area (Å²) in [5, 5.41) is 9.58. The number of aliphatic carboxylic acids is 1. The minimum Gasteiger partial charge on any atom is -0.479 e. The van der Waals surface area contributed by atoms with Gasteiger partial charge in [0.05, 0.1) is 5.56 Å². The molecule has 0 saturated carbocycles. The van der Waals surface area contributed by atoms with E-state index < -0.39 is 23.2 Å². The molecule has 1 amide bonds. The van der Waals surface area contributed by atoms with Gasteiger partial charge in [0.1, 0.15) is 11.4 Å². The van der Waals surface area contributed by atoms with Crippen molar-refractivity contribution in [1.29, 1.82) is 0 Å². The molecule has 114 valence electrons. The molecule has 0 bridgehead atoms. The summed E-state index contributed by atoms with van der Waals surface area (Å²) >= 11 is 3.14. The number of carbonyl (C=O) groups excluding carboxylic acids is 1. The first kappa shape index (κ1) is 15.9. The molecule has 1 aliphatic heterocycles. The van der Waals surface area contributed by atoms with Gasteiger partial charge in [-0.25, -0.2) is 9.18 Å². The van der Waals surface area contributed by atoms with E-state index in [0.29, 0.717) is 36.7 Å². The maximum absolute atomic E-state index is 14.0. The molecular weight excluding hydrogens is 341 g/mol. The Kier molecular flexibility index (Phi) is 4.66. The fourth-order valence-electron chi connectivity index (χ4n) is 2.99. The predicted octanol–water partition coefficient (Wildman–Crippen LogP) is 3.45. The van der Waals surface area contributed by atoms with Crippen LogP contribution < -0.4 is 0 Å². The van der Waals surface area contributed by atoms with Crippen molar-refractivity contribution in [2.45, 2.75) is 38.1 Å². The van der Waals surface area contributed by atoms with E-state index in [4.69, 9.17) is 0 Å². The van der Waals surface area contributed by atoms with Gasteiger partial charge in [0.2, 0.25) is 0 Å². The van der Waals surface area contributed by atoms with Crippen molar-refractivity contribution in [3.8, 4) is 0 Å². The van der Waals surface area contributed by atoms with Gasteiger partial charge in [-0.3, -0.25) is 4.79 Å². The summed E-state index contributed by atoms with van der Waals surface area (Å²) in [6, 6.07) is 4.18. The van der Waals surface area contributed by atoms with E-state index in [1.165, 1.54) is 17.0 Å². The number of likely N-dealkylation sites (tertiary alicyclic amines) is 1. The van der Waals surface area contributed by atoms with Crippen LogP contribution in [0.3, 0.4) is 0 Å². The summed E-state index contributed by atoms with van der Waals surface area (Å²) in [7, 11) is 0. The molecule has 0 radical (unpaired) electrons. The second-order valence-electron chi connectivity index (χ2n) is 5.27. The average molecular weight is 358 g/mol. The Morgan fingerprint density at radius 1 is 1.48 bits per heavy atom. The van der Waals surface area contributed by atoms with Crippen LogP contribution in [0.4, 0.5) is 4.39 Å². The van der Waals surface area contributed by atoms with E-state index in [9.17, 15) is 19.1 Å². The van der Waals surface area contributed by atoms with E-state index in [0.717, 1.165) is 0 Å². The Balaban J connectivity index is 2.39. The van der Waals surface area contributed by atoms with Gasteiger partial charge in [-0.1, -0.05) is 29.3 Å². The fraction of sp³-hybridized carbons (Fsp3) is 0.467. The molecule has 1 heterocycles. The first-order valence-corrected chi connectivity index (χ1v) is 7.72. The lowest BCUT2D eigenvalue weighted by molar-refractivity contribution is -0.148. The van der Waals surface area contributed by atoms with Crippen LogP contribution in [0.5, 0.6) is 0 Å². The number of carbonyl (C=O) groups is 2. The summed E-state index contributed by atoms with van der Waals surface area (Å²) in [6.07, 6.45) is 2.07. The summed E-state index contributed by atoms with van der Waals surface area (Å²) in [6.45, 7) is 2.23. The Morgan fingerprint density at radius 2 is 2.19 bits per heavy atom. The second kappa shape index (κ2) is 6.13. The normalized spacial score (nSPS) is 21.6. The standard InChI is InChI=1S/C15H17BrFNO3/c1-2-6-15(14(20)21)7-3-8-18(15)13(19)11-5-4-10(16)9-12(11)17/h4-5,9H,2-3,6-8H2,1H3,(H,20,21). The van der Waals surface area contributed by atoms with E-state index in [-0.39, 0.29) is 5.56 Å². The third-order valence-electron chi connectivity index (χ3n) is 3.96. The third-order valence-corrected chi connectivity index (χ3v) is 4.45. The highest BCUT2D eigenvalue weighted by Crippen LogP contribution is 2.35. The number of hydrogen-bond acceptors (Lipinski definition) is 2. The minimum atomic E-state index is -1.20. The van der Waals surface area contributed by atoms with Gasteiger partial charge in [0.15, 0.2) is 0 Å². The molecule has 1 aromatic rings. The van der Waals surface area contributed by atoms with Gasteiger partial charge in [-0.15, -0.1) is 0 Å². The fourth-order valence-corrected chi connectivity index (χ4v) is 3.32. The number of amides is 1. The molecule has 0 spiro atoms. The third kappa shape index (κ3) is 2.81. The SMILES string of the molecule is CCCC1(C(=O)O)CCCN1C(=O)c1ccc(Br)cc1F. The maximum Gasteiger partial charge on any atom is 0.329 e. The highest BCUT2D eigenvalue weighted by atomic mass is 79.9. The average Bonchev–Trinajstić information content (AvgIpc) is 2.83. The zero-order valence-corrected chi connectivity index (χ0v) is 13.3. The lowest BCUT2D eigenvalue weighted by atomic mass is 9.90. The molecule has 0 aliphatic carbocycles. The Labute approximate surface area is 131 Å². The van der Waals surface area contributed by atoms with Gasteiger partial charge in [-0.05, 0) is 37.5 Å². The number of halogens is 2. The maximum atomic E-state index is 14.0. The molecule has 1 aromatic carbocycles. The van der Waals surface area contributed by atoms with Crippen molar-refractivity contribution >= 4 is 27.8 Å². The summed E-state index contributed by atoms with van der Waals surface area (Å²) in [5.74, 6) is -2.20. The van der Waals surface area contributed by atoms with Crippen LogP contribution in [0.2, 0.25) is 0 Å². The quantitative estimate of drug-likeness (QED) is 0.897. The van der Waals surface area contributed by atoms with Crippen LogP contribution in [0.15, 0.2) is 22.7 Å². The van der Waals surface area contributed by atoms with Crippen LogP contribution in [0, 0.1) is 5.82 Å². The lowest BCUT2D eigenvalue weighted by Gasteiger charge is -2.34. The number of nitrogens with zero attached hydrogens (tertiary/aromatic N) is 1. The first-order valence-electron chi connectivity index (χ1n) is 6.93. The molecule has 1 fully saturated rings. The van der Waals surface area contributed by atoms with Gasteiger partial charge >= 0.3 is 5.97 Å². The van der Waals surface area contributed by atoms with Crippen molar-refractivity contribution in [2.24, 2.45) is 0 Å². The number of hydrogen-bond donors (Lipinski definition) is 1. The molecule has 1 aliphatic rings. The summed E-state index contributed by atoms with van der Waals surface area (Å²) in [5.41, 5.74) is -1.28. The number of benzene rings is 1. The zero-order chi connectivity index (χ0) is 15.6. The topological polar surface area (TPSA) is 57.6 Å².